The Labute approximate surface area is 116 Å². The van der Waals surface area contributed by atoms with Crippen LogP contribution in [-0.4, -0.2) is 70.1 Å². The smallest absolute Gasteiger partial charge is 0.279 e. The lowest BCUT2D eigenvalue weighted by atomic mass is 10.0. The summed E-state index contributed by atoms with van der Waals surface area (Å²) in [4.78, 5) is 2.23. The Morgan fingerprint density at radius 3 is 2.68 bits per heavy atom. The van der Waals surface area contributed by atoms with Crippen molar-refractivity contribution < 1.29 is 13.2 Å². The second-order valence-corrected chi connectivity index (χ2v) is 7.21. The van der Waals surface area contributed by atoms with E-state index in [0.717, 1.165) is 45.7 Å². The molecule has 0 aromatic carbocycles. The molecule has 2 fully saturated rings. The minimum absolute atomic E-state index is 0.463. The monoisotopic (exact) mass is 291 g/mol. The van der Waals surface area contributed by atoms with E-state index in [0.29, 0.717) is 25.6 Å². The number of piperidine rings is 1. The fourth-order valence-corrected chi connectivity index (χ4v) is 3.97. The van der Waals surface area contributed by atoms with Crippen molar-refractivity contribution in [3.63, 3.8) is 0 Å². The molecule has 2 aliphatic rings. The molecule has 1 N–H and O–H groups in total. The Kier molecular flexibility index (Phi) is 5.58. The summed E-state index contributed by atoms with van der Waals surface area (Å²) in [5.74, 6) is 0.463. The van der Waals surface area contributed by atoms with E-state index in [9.17, 15) is 8.42 Å². The molecule has 7 heteroatoms. The minimum Gasteiger partial charge on any atom is -0.379 e. The predicted molar refractivity (Wildman–Crippen MR) is 74.2 cm³/mol. The molecule has 2 saturated heterocycles. The highest BCUT2D eigenvalue weighted by atomic mass is 32.2. The minimum atomic E-state index is -3.29. The molecule has 0 aromatic heterocycles. The lowest BCUT2D eigenvalue weighted by Gasteiger charge is -2.31. The van der Waals surface area contributed by atoms with Gasteiger partial charge in [0.25, 0.3) is 10.2 Å². The van der Waals surface area contributed by atoms with Gasteiger partial charge in [-0.05, 0) is 18.8 Å². The number of hydrogen-bond donors (Lipinski definition) is 1. The third-order valence-corrected chi connectivity index (χ3v) is 5.36. The predicted octanol–water partition coefficient (Wildman–Crippen LogP) is -0.115. The first-order valence-electron chi connectivity index (χ1n) is 7.13. The Morgan fingerprint density at radius 2 is 2.00 bits per heavy atom. The molecule has 19 heavy (non-hydrogen) atoms. The molecule has 2 heterocycles. The van der Waals surface area contributed by atoms with Crippen LogP contribution in [0.2, 0.25) is 0 Å². The molecule has 0 amide bonds. The van der Waals surface area contributed by atoms with Crippen molar-refractivity contribution in [2.45, 2.75) is 19.8 Å². The Hall–Kier alpha value is -0.210. The normalized spacial score (nSPS) is 27.5. The maximum atomic E-state index is 12.1. The molecule has 6 nitrogen and oxygen atoms in total. The van der Waals surface area contributed by atoms with E-state index in [1.54, 1.807) is 4.31 Å². The van der Waals surface area contributed by atoms with E-state index in [1.807, 2.05) is 0 Å². The van der Waals surface area contributed by atoms with Gasteiger partial charge in [0.05, 0.1) is 13.2 Å². The molecule has 112 valence electrons. The van der Waals surface area contributed by atoms with Gasteiger partial charge in [0, 0.05) is 39.3 Å². The molecule has 0 aromatic rings. The molecular weight excluding hydrogens is 266 g/mol. The maximum Gasteiger partial charge on any atom is 0.279 e. The van der Waals surface area contributed by atoms with E-state index >= 15 is 0 Å². The van der Waals surface area contributed by atoms with Crippen LogP contribution in [0.5, 0.6) is 0 Å². The molecule has 0 unspecified atom stereocenters. The quantitative estimate of drug-likeness (QED) is 0.767. The van der Waals surface area contributed by atoms with Gasteiger partial charge in [-0.15, -0.1) is 0 Å². The molecule has 1 atom stereocenters. The molecule has 0 bridgehead atoms. The zero-order chi connectivity index (χ0) is 13.7. The SMILES string of the molecule is C[C@@H]1CCCN(S(=O)(=O)NCCN2CCOCC2)C1. The molecule has 0 saturated carbocycles. The van der Waals surface area contributed by atoms with Crippen LogP contribution in [0.1, 0.15) is 19.8 Å². The van der Waals surface area contributed by atoms with Gasteiger partial charge in [-0.2, -0.15) is 12.7 Å². The first-order valence-corrected chi connectivity index (χ1v) is 8.57. The van der Waals surface area contributed by atoms with Gasteiger partial charge < -0.3 is 4.74 Å². The lowest BCUT2D eigenvalue weighted by molar-refractivity contribution is 0.0390. The standard InChI is InChI=1S/C12H25N3O3S/c1-12-3-2-5-15(11-12)19(16,17)13-4-6-14-7-9-18-10-8-14/h12-13H,2-11H2,1H3/t12-/m1/s1. The van der Waals surface area contributed by atoms with Crippen molar-refractivity contribution in [3.8, 4) is 0 Å². The average molecular weight is 291 g/mol. The Bertz CT molecular complexity index is 368. The number of ether oxygens (including phenoxy) is 1. The van der Waals surface area contributed by atoms with Gasteiger partial charge in [0.1, 0.15) is 0 Å². The van der Waals surface area contributed by atoms with Crippen molar-refractivity contribution in [1.82, 2.24) is 13.9 Å². The van der Waals surface area contributed by atoms with Crippen molar-refractivity contribution in [3.05, 3.63) is 0 Å². The molecule has 2 rings (SSSR count). The van der Waals surface area contributed by atoms with Crippen molar-refractivity contribution in [2.75, 3.05) is 52.5 Å². The summed E-state index contributed by atoms with van der Waals surface area (Å²) in [6.45, 7) is 7.91. The third-order valence-electron chi connectivity index (χ3n) is 3.78. The van der Waals surface area contributed by atoms with Crippen LogP contribution in [-0.2, 0) is 14.9 Å². The van der Waals surface area contributed by atoms with Gasteiger partial charge in [-0.25, -0.2) is 4.72 Å². The van der Waals surface area contributed by atoms with Crippen LogP contribution in [0.25, 0.3) is 0 Å². The topological polar surface area (TPSA) is 61.9 Å². The zero-order valence-corrected chi connectivity index (χ0v) is 12.5. The van der Waals surface area contributed by atoms with Gasteiger partial charge in [-0.1, -0.05) is 6.92 Å². The third kappa shape index (κ3) is 4.68. The highest BCUT2D eigenvalue weighted by Gasteiger charge is 2.26. The number of nitrogens with one attached hydrogen (secondary N) is 1. The van der Waals surface area contributed by atoms with Gasteiger partial charge >= 0.3 is 0 Å². The highest BCUT2D eigenvalue weighted by molar-refractivity contribution is 7.87. The Morgan fingerprint density at radius 1 is 1.26 bits per heavy atom. The fourth-order valence-electron chi connectivity index (χ4n) is 2.61. The van der Waals surface area contributed by atoms with Crippen LogP contribution in [0, 0.1) is 5.92 Å². The van der Waals surface area contributed by atoms with Crippen LogP contribution in [0.4, 0.5) is 0 Å². The van der Waals surface area contributed by atoms with Crippen molar-refractivity contribution in [1.29, 1.82) is 0 Å². The van der Waals surface area contributed by atoms with E-state index in [4.69, 9.17) is 4.74 Å². The van der Waals surface area contributed by atoms with E-state index in [-0.39, 0.29) is 0 Å². The van der Waals surface area contributed by atoms with E-state index in [2.05, 4.69) is 16.5 Å². The highest BCUT2D eigenvalue weighted by Crippen LogP contribution is 2.17. The maximum absolute atomic E-state index is 12.1. The van der Waals surface area contributed by atoms with E-state index < -0.39 is 10.2 Å². The van der Waals surface area contributed by atoms with Crippen LogP contribution < -0.4 is 4.72 Å². The average Bonchev–Trinajstić information content (AvgIpc) is 2.40. The summed E-state index contributed by atoms with van der Waals surface area (Å²) >= 11 is 0. The molecule has 0 radical (unpaired) electrons. The summed E-state index contributed by atoms with van der Waals surface area (Å²) in [6, 6.07) is 0. The number of morpholine rings is 1. The lowest BCUT2D eigenvalue weighted by Crippen LogP contribution is -2.48. The van der Waals surface area contributed by atoms with Crippen molar-refractivity contribution in [2.24, 2.45) is 5.92 Å². The van der Waals surface area contributed by atoms with Crippen molar-refractivity contribution >= 4 is 10.2 Å². The number of nitrogens with zero attached hydrogens (tertiary/aromatic N) is 2. The molecule has 0 aliphatic carbocycles. The fraction of sp³-hybridized carbons (Fsp3) is 1.00. The van der Waals surface area contributed by atoms with Crippen LogP contribution >= 0.6 is 0 Å². The summed E-state index contributed by atoms with van der Waals surface area (Å²) in [7, 11) is -3.29. The first-order chi connectivity index (χ1) is 9.08. The summed E-state index contributed by atoms with van der Waals surface area (Å²) in [5.41, 5.74) is 0. The first kappa shape index (κ1) is 15.2. The number of rotatable bonds is 5. The summed E-state index contributed by atoms with van der Waals surface area (Å²) in [6.07, 6.45) is 2.09. The molecular formula is C12H25N3O3S. The largest absolute Gasteiger partial charge is 0.379 e. The number of hydrogen-bond acceptors (Lipinski definition) is 4. The van der Waals surface area contributed by atoms with Gasteiger partial charge in [0.2, 0.25) is 0 Å². The second kappa shape index (κ2) is 6.99. The second-order valence-electron chi connectivity index (χ2n) is 5.46. The zero-order valence-electron chi connectivity index (χ0n) is 11.7. The van der Waals surface area contributed by atoms with E-state index in [1.165, 1.54) is 0 Å². The van der Waals surface area contributed by atoms with Crippen LogP contribution in [0.15, 0.2) is 0 Å². The summed E-state index contributed by atoms with van der Waals surface area (Å²) < 4.78 is 33.9. The van der Waals surface area contributed by atoms with Gasteiger partial charge in [-0.3, -0.25) is 4.90 Å². The molecule has 0 spiro atoms. The van der Waals surface area contributed by atoms with Crippen LogP contribution in [0.3, 0.4) is 0 Å². The molecule has 2 aliphatic heterocycles. The Balaban J connectivity index is 1.73. The van der Waals surface area contributed by atoms with Gasteiger partial charge in [0.15, 0.2) is 0 Å². The summed E-state index contributed by atoms with van der Waals surface area (Å²) in [5, 5.41) is 0.